The van der Waals surface area contributed by atoms with Crippen LogP contribution in [0.1, 0.15) is 59.7 Å². The molecule has 1 heterocycles. The Morgan fingerprint density at radius 3 is 1.42 bits per heavy atom. The number of hydrogen-bond acceptors (Lipinski definition) is 3. The van der Waals surface area contributed by atoms with Crippen molar-refractivity contribution in [1.29, 1.82) is 0 Å². The summed E-state index contributed by atoms with van der Waals surface area (Å²) in [6.07, 6.45) is 3.50. The van der Waals surface area contributed by atoms with E-state index in [-0.39, 0.29) is 29.1 Å². The van der Waals surface area contributed by atoms with E-state index in [0.717, 1.165) is 11.1 Å². The minimum Gasteiger partial charge on any atom is -1.00 e. The summed E-state index contributed by atoms with van der Waals surface area (Å²) >= 11 is 0. The van der Waals surface area contributed by atoms with Gasteiger partial charge in [0.2, 0.25) is 0 Å². The van der Waals surface area contributed by atoms with Crippen LogP contribution in [0.15, 0.2) is 145 Å². The summed E-state index contributed by atoms with van der Waals surface area (Å²) in [5.41, 5.74) is 13.8. The van der Waals surface area contributed by atoms with Crippen molar-refractivity contribution in [2.75, 3.05) is 0 Å². The van der Waals surface area contributed by atoms with E-state index in [1.807, 2.05) is 85.8 Å². The van der Waals surface area contributed by atoms with Gasteiger partial charge in [0.15, 0.2) is 0 Å². The molecular weight excluding hydrogens is 726 g/mol. The SMILES string of the molecule is Cc1ccc(C(C)C)cc1.Cc1ccc(S(=O)(=O)[N-][C@@H](c2ccccc2)[C@@H]([NH-])c2ccccc2)cc1.FB(F)F.[F-].[Ru+3].c1ccncc1. The Bertz CT molecular complexity index is 1590. The minimum atomic E-state index is -3.87. The Hall–Kier alpha value is -3.69. The molecule has 0 spiro atoms. The van der Waals surface area contributed by atoms with Crippen LogP contribution in [0.5, 0.6) is 0 Å². The predicted octanol–water partition coefficient (Wildman–Crippen LogP) is 7.67. The van der Waals surface area contributed by atoms with Crippen molar-refractivity contribution >= 4 is 17.6 Å². The number of aromatic nitrogens is 1. The Kier molecular flexibility index (Phi) is 21.8. The first kappa shape index (κ1) is 44.3. The van der Waals surface area contributed by atoms with Crippen LogP contribution in [0.25, 0.3) is 10.5 Å². The van der Waals surface area contributed by atoms with Crippen molar-refractivity contribution in [1.82, 2.24) is 4.98 Å². The summed E-state index contributed by atoms with van der Waals surface area (Å²) in [4.78, 5) is 3.93. The molecule has 255 valence electrons. The van der Waals surface area contributed by atoms with Crippen LogP contribution < -0.4 is 4.70 Å². The van der Waals surface area contributed by atoms with Crippen LogP contribution in [0.4, 0.5) is 12.9 Å². The van der Waals surface area contributed by atoms with E-state index < -0.39 is 29.7 Å². The monoisotopic (exact) mass is 766 g/mol. The first-order valence-corrected chi connectivity index (χ1v) is 16.0. The van der Waals surface area contributed by atoms with Gasteiger partial charge in [0.25, 0.3) is 0 Å². The smallest absolute Gasteiger partial charge is 1.00 e. The van der Waals surface area contributed by atoms with Crippen molar-refractivity contribution < 1.29 is 45.5 Å². The standard InChI is InChI=1S/C21H20N2O2S.C10H14.C5H5N.BF3.FH.Ru/c1-16-12-14-19(15-13-16)26(24,25)23-21(18-10-6-3-7-11-18)20(22)17-8-4-2-5-9-17;1-8(2)10-6-4-9(3)5-7-10;1-2-4-6-5-3-1;2-1(3)4;;/h2-15,20-22H,1H3;4-8H,1-3H3;1-5H;;1H;/q-2;;;;;+3/p-1/t20-,21-;;;;;/m0...../s1. The third-order valence-electron chi connectivity index (χ3n) is 6.50. The largest absolute Gasteiger partial charge is 3.00 e. The fourth-order valence-corrected chi connectivity index (χ4v) is 5.14. The van der Waals surface area contributed by atoms with Gasteiger partial charge in [0.05, 0.1) is 0 Å². The normalized spacial score (nSPS) is 11.3. The molecule has 0 saturated heterocycles. The molecule has 0 aliphatic rings. The van der Waals surface area contributed by atoms with E-state index in [4.69, 9.17) is 5.73 Å². The van der Waals surface area contributed by atoms with Crippen LogP contribution in [0.2, 0.25) is 0 Å². The average Bonchev–Trinajstić information content (AvgIpc) is 3.06. The predicted molar refractivity (Wildman–Crippen MR) is 183 cm³/mol. The molecule has 0 saturated carbocycles. The molecule has 0 aliphatic carbocycles. The zero-order valence-corrected chi connectivity index (χ0v) is 29.6. The molecule has 1 N–H and O–H groups in total. The molecule has 0 amide bonds. The molecule has 2 atom stereocenters. The summed E-state index contributed by atoms with van der Waals surface area (Å²) in [7, 11) is -7.54. The number of nitrogens with one attached hydrogen (secondary N) is 1. The maximum atomic E-state index is 12.8. The van der Waals surface area contributed by atoms with Gasteiger partial charge in [-0.25, -0.2) is 8.42 Å². The van der Waals surface area contributed by atoms with E-state index in [0.29, 0.717) is 11.5 Å². The molecule has 0 bridgehead atoms. The number of halogens is 4. The Labute approximate surface area is 295 Å². The summed E-state index contributed by atoms with van der Waals surface area (Å²) in [5, 5.41) is 0. The molecule has 5 rings (SSSR count). The molecule has 1 radical (unpaired) electrons. The second-order valence-electron chi connectivity index (χ2n) is 10.5. The summed E-state index contributed by atoms with van der Waals surface area (Å²) in [6, 6.07) is 37.7. The van der Waals surface area contributed by atoms with E-state index in [1.165, 1.54) is 11.1 Å². The maximum Gasteiger partial charge on any atom is 3.00 e. The molecule has 5 aromatic rings. The Morgan fingerprint density at radius 2 is 1.04 bits per heavy atom. The van der Waals surface area contributed by atoms with E-state index in [9.17, 15) is 21.4 Å². The molecule has 48 heavy (non-hydrogen) atoms. The van der Waals surface area contributed by atoms with Crippen molar-refractivity contribution in [2.24, 2.45) is 0 Å². The topological polar surface area (TPSA) is 84.9 Å². The molecule has 0 fully saturated rings. The van der Waals surface area contributed by atoms with Crippen LogP contribution in [0.3, 0.4) is 0 Å². The second-order valence-corrected chi connectivity index (χ2v) is 12.1. The van der Waals surface area contributed by atoms with E-state index in [2.05, 4.69) is 54.7 Å². The molecule has 5 nitrogen and oxygen atoms in total. The molecule has 0 unspecified atom stereocenters. The third-order valence-corrected chi connectivity index (χ3v) is 7.87. The summed E-state index contributed by atoms with van der Waals surface area (Å²) < 4.78 is 58.8. The summed E-state index contributed by atoms with van der Waals surface area (Å²) in [6.45, 7) is 8.44. The zero-order chi connectivity index (χ0) is 34.0. The van der Waals surface area contributed by atoms with Gasteiger partial charge in [-0.2, -0.15) is 0 Å². The van der Waals surface area contributed by atoms with Crippen molar-refractivity contribution in [2.45, 2.75) is 50.6 Å². The van der Waals surface area contributed by atoms with Gasteiger partial charge in [-0.15, -0.1) is 12.1 Å². The van der Waals surface area contributed by atoms with Gasteiger partial charge in [-0.05, 0) is 49.6 Å². The van der Waals surface area contributed by atoms with E-state index >= 15 is 0 Å². The Morgan fingerprint density at radius 1 is 0.646 bits per heavy atom. The number of nitrogens with zero attached hydrogens (tertiary/aromatic N) is 2. The van der Waals surface area contributed by atoms with E-state index in [1.54, 1.807) is 36.7 Å². The van der Waals surface area contributed by atoms with Crippen molar-refractivity contribution in [3.05, 3.63) is 178 Å². The number of sulfonamides is 1. The van der Waals surface area contributed by atoms with Crippen molar-refractivity contribution in [3.8, 4) is 0 Å². The van der Waals surface area contributed by atoms with Gasteiger partial charge < -0.3 is 15.2 Å². The van der Waals surface area contributed by atoms with Gasteiger partial charge in [0.1, 0.15) is 10.0 Å². The number of hydrogen-bond donors (Lipinski definition) is 0. The quantitative estimate of drug-likeness (QED) is 0.126. The van der Waals surface area contributed by atoms with Crippen LogP contribution in [0, 0.1) is 13.8 Å². The fraction of sp³-hybridized carbons (Fsp3) is 0.194. The van der Waals surface area contributed by atoms with Crippen LogP contribution in [-0.4, -0.2) is 20.9 Å². The van der Waals surface area contributed by atoms with Gasteiger partial charge >= 0.3 is 27.0 Å². The van der Waals surface area contributed by atoms with Gasteiger partial charge in [-0.3, -0.25) is 17.9 Å². The van der Waals surface area contributed by atoms with Crippen LogP contribution in [-0.2, 0) is 29.5 Å². The number of pyridine rings is 1. The molecular formula is C36H39BF4N3O2RuS. The number of benzene rings is 4. The molecule has 4 aromatic carbocycles. The average molecular weight is 766 g/mol. The molecule has 1 aromatic heterocycles. The first-order valence-electron chi connectivity index (χ1n) is 14.6. The fourth-order valence-electron chi connectivity index (χ4n) is 3.99. The van der Waals surface area contributed by atoms with Gasteiger partial charge in [0, 0.05) is 17.3 Å². The maximum absolute atomic E-state index is 12.8. The Balaban J connectivity index is 0.000000821. The second kappa shape index (κ2) is 23.6. The summed E-state index contributed by atoms with van der Waals surface area (Å²) in [5.74, 6) is 0.653. The molecule has 12 heteroatoms. The van der Waals surface area contributed by atoms with Crippen molar-refractivity contribution in [3.63, 3.8) is 0 Å². The number of aryl methyl sites for hydroxylation is 2. The molecule has 0 aliphatic heterocycles. The zero-order valence-electron chi connectivity index (χ0n) is 27.1. The number of rotatable bonds is 7. The minimum absolute atomic E-state index is 0. The first-order chi connectivity index (χ1) is 21.9. The van der Waals surface area contributed by atoms with Crippen LogP contribution >= 0.6 is 0 Å². The third kappa shape index (κ3) is 16.9. The van der Waals surface area contributed by atoms with Gasteiger partial charge in [-0.1, -0.05) is 139 Å².